The number of para-hydroxylation sites is 2. The standard InChI is InChI=1S/C53H34N2O/c1-3-17-35(18-4-1)37-21-15-22-38(33-37)49-34-48(36-19-5-2-6-20-36)54-52(55-49)43-26-8-7-23-39(43)42-27-16-31-47-51(42)56-50-32-14-13-30-46(50)53(47)44-28-11-9-24-40(44)41-25-10-12-29-45(41)53/h1-34H. The first-order chi connectivity index (χ1) is 27.8. The van der Waals surface area contributed by atoms with Crippen LogP contribution in [0.4, 0.5) is 0 Å². The minimum Gasteiger partial charge on any atom is -0.456 e. The number of rotatable bonds is 5. The zero-order valence-electron chi connectivity index (χ0n) is 30.4. The molecule has 0 atom stereocenters. The van der Waals surface area contributed by atoms with E-state index in [1.807, 2.05) is 12.1 Å². The third kappa shape index (κ3) is 4.91. The first-order valence-corrected chi connectivity index (χ1v) is 19.1. The highest BCUT2D eigenvalue weighted by Gasteiger charge is 2.51. The van der Waals surface area contributed by atoms with Crippen molar-refractivity contribution in [1.82, 2.24) is 9.97 Å². The van der Waals surface area contributed by atoms with Crippen molar-refractivity contribution < 1.29 is 4.74 Å². The third-order valence-corrected chi connectivity index (χ3v) is 11.4. The summed E-state index contributed by atoms with van der Waals surface area (Å²) in [5.41, 5.74) is 15.8. The predicted octanol–water partition coefficient (Wildman–Crippen LogP) is 13.3. The number of benzene rings is 8. The van der Waals surface area contributed by atoms with Crippen LogP contribution in [0.15, 0.2) is 206 Å². The van der Waals surface area contributed by atoms with Crippen molar-refractivity contribution in [3.63, 3.8) is 0 Å². The summed E-state index contributed by atoms with van der Waals surface area (Å²) in [5.74, 6) is 2.36. The Morgan fingerprint density at radius 1 is 0.321 bits per heavy atom. The highest BCUT2D eigenvalue weighted by Crippen LogP contribution is 2.63. The van der Waals surface area contributed by atoms with Gasteiger partial charge in [0.25, 0.3) is 0 Å². The molecule has 0 radical (unpaired) electrons. The lowest BCUT2D eigenvalue weighted by Gasteiger charge is -2.40. The van der Waals surface area contributed by atoms with E-state index in [4.69, 9.17) is 14.7 Å². The van der Waals surface area contributed by atoms with Crippen molar-refractivity contribution in [2.24, 2.45) is 0 Å². The molecule has 2 heterocycles. The van der Waals surface area contributed by atoms with Gasteiger partial charge >= 0.3 is 0 Å². The molecule has 3 nitrogen and oxygen atoms in total. The monoisotopic (exact) mass is 714 g/mol. The van der Waals surface area contributed by atoms with Gasteiger partial charge in [-0.3, -0.25) is 0 Å². The Bertz CT molecular complexity index is 2910. The topological polar surface area (TPSA) is 35.0 Å². The summed E-state index contributed by atoms with van der Waals surface area (Å²) in [6.07, 6.45) is 0. The average molecular weight is 715 g/mol. The predicted molar refractivity (Wildman–Crippen MR) is 227 cm³/mol. The minimum atomic E-state index is -0.553. The van der Waals surface area contributed by atoms with Crippen molar-refractivity contribution in [2.45, 2.75) is 5.41 Å². The van der Waals surface area contributed by atoms with Gasteiger partial charge in [-0.05, 0) is 57.1 Å². The molecule has 8 aromatic carbocycles. The van der Waals surface area contributed by atoms with Gasteiger partial charge in [0, 0.05) is 33.4 Å². The van der Waals surface area contributed by atoms with E-state index < -0.39 is 5.41 Å². The van der Waals surface area contributed by atoms with Crippen LogP contribution >= 0.6 is 0 Å². The summed E-state index contributed by atoms with van der Waals surface area (Å²) in [4.78, 5) is 10.6. The molecule has 0 saturated carbocycles. The average Bonchev–Trinajstić information content (AvgIpc) is 3.57. The van der Waals surface area contributed by atoms with Crippen LogP contribution < -0.4 is 4.74 Å². The number of nitrogens with zero attached hydrogens (tertiary/aromatic N) is 2. The molecule has 0 N–H and O–H groups in total. The maximum atomic E-state index is 7.07. The van der Waals surface area contributed by atoms with Gasteiger partial charge in [0.05, 0.1) is 16.8 Å². The van der Waals surface area contributed by atoms with Crippen molar-refractivity contribution >= 4 is 0 Å². The second kappa shape index (κ2) is 12.9. The van der Waals surface area contributed by atoms with Crippen LogP contribution in [0.25, 0.3) is 67.3 Å². The molecule has 0 saturated heterocycles. The van der Waals surface area contributed by atoms with E-state index in [1.54, 1.807) is 0 Å². The van der Waals surface area contributed by atoms with E-state index in [0.717, 1.165) is 73.0 Å². The van der Waals surface area contributed by atoms with Crippen LogP contribution in [0.1, 0.15) is 22.3 Å². The molecule has 0 bridgehead atoms. The van der Waals surface area contributed by atoms with E-state index in [9.17, 15) is 0 Å². The van der Waals surface area contributed by atoms with E-state index in [-0.39, 0.29) is 0 Å². The molecule has 1 aromatic heterocycles. The van der Waals surface area contributed by atoms with Crippen LogP contribution in [0, 0.1) is 0 Å². The summed E-state index contributed by atoms with van der Waals surface area (Å²) in [6, 6.07) is 72.9. The molecule has 262 valence electrons. The molecular weight excluding hydrogens is 681 g/mol. The van der Waals surface area contributed by atoms with E-state index in [1.165, 1.54) is 22.3 Å². The van der Waals surface area contributed by atoms with Gasteiger partial charge in [-0.2, -0.15) is 0 Å². The molecule has 11 rings (SSSR count). The smallest absolute Gasteiger partial charge is 0.161 e. The Morgan fingerprint density at radius 2 is 0.804 bits per heavy atom. The van der Waals surface area contributed by atoms with Gasteiger partial charge in [-0.25, -0.2) is 9.97 Å². The molecular formula is C53H34N2O. The van der Waals surface area contributed by atoms with Crippen molar-refractivity contribution in [3.05, 3.63) is 229 Å². The second-order valence-electron chi connectivity index (χ2n) is 14.4. The highest BCUT2D eigenvalue weighted by atomic mass is 16.5. The Balaban J connectivity index is 1.14. The maximum absolute atomic E-state index is 7.07. The van der Waals surface area contributed by atoms with Crippen LogP contribution in [0.3, 0.4) is 0 Å². The molecule has 2 aliphatic rings. The number of hydrogen-bond acceptors (Lipinski definition) is 3. The lowest BCUT2D eigenvalue weighted by Crippen LogP contribution is -2.32. The SMILES string of the molecule is c1ccc(-c2cccc(-c3cc(-c4ccccc4)nc(-c4ccccc4-c4cccc5c4Oc4ccccc4C54c5ccccc5-c5ccccc54)n3)c2)cc1. The number of fused-ring (bicyclic) bond motifs is 9. The molecule has 0 fully saturated rings. The second-order valence-corrected chi connectivity index (χ2v) is 14.4. The molecule has 3 heteroatoms. The number of ether oxygens (including phenoxy) is 1. The highest BCUT2D eigenvalue weighted by molar-refractivity contribution is 5.92. The molecule has 1 spiro atoms. The van der Waals surface area contributed by atoms with Crippen molar-refractivity contribution in [2.75, 3.05) is 0 Å². The van der Waals surface area contributed by atoms with Crippen molar-refractivity contribution in [1.29, 1.82) is 0 Å². The Hall–Kier alpha value is -7.36. The number of hydrogen-bond donors (Lipinski definition) is 0. The first-order valence-electron chi connectivity index (χ1n) is 19.1. The molecule has 0 amide bonds. The molecule has 1 aliphatic heterocycles. The Labute approximate surface area is 326 Å². The van der Waals surface area contributed by atoms with Gasteiger partial charge in [0.1, 0.15) is 11.5 Å². The summed E-state index contributed by atoms with van der Waals surface area (Å²) in [5, 5.41) is 0. The van der Waals surface area contributed by atoms with Crippen LogP contribution in [-0.4, -0.2) is 9.97 Å². The van der Waals surface area contributed by atoms with Crippen LogP contribution in [0.5, 0.6) is 11.5 Å². The quantitative estimate of drug-likeness (QED) is 0.178. The van der Waals surface area contributed by atoms with Gasteiger partial charge in [0.2, 0.25) is 0 Å². The summed E-state index contributed by atoms with van der Waals surface area (Å²) in [7, 11) is 0. The first kappa shape index (κ1) is 32.1. The fraction of sp³-hybridized carbons (Fsp3) is 0.0189. The Morgan fingerprint density at radius 3 is 1.52 bits per heavy atom. The van der Waals surface area contributed by atoms with E-state index in [0.29, 0.717) is 5.82 Å². The lowest BCUT2D eigenvalue weighted by molar-refractivity contribution is 0.438. The van der Waals surface area contributed by atoms with Gasteiger partial charge < -0.3 is 4.74 Å². The van der Waals surface area contributed by atoms with E-state index >= 15 is 0 Å². The maximum Gasteiger partial charge on any atom is 0.161 e. The molecule has 1 aliphatic carbocycles. The van der Waals surface area contributed by atoms with E-state index in [2.05, 4.69) is 194 Å². The zero-order valence-corrected chi connectivity index (χ0v) is 30.4. The van der Waals surface area contributed by atoms with Crippen molar-refractivity contribution in [3.8, 4) is 78.8 Å². The molecule has 0 unspecified atom stereocenters. The normalized spacial score (nSPS) is 12.9. The summed E-state index contributed by atoms with van der Waals surface area (Å²) >= 11 is 0. The third-order valence-electron chi connectivity index (χ3n) is 11.4. The largest absolute Gasteiger partial charge is 0.456 e. The fourth-order valence-electron chi connectivity index (χ4n) is 8.96. The number of aromatic nitrogens is 2. The molecule has 56 heavy (non-hydrogen) atoms. The van der Waals surface area contributed by atoms with Gasteiger partial charge in [0.15, 0.2) is 5.82 Å². The molecule has 9 aromatic rings. The fourth-order valence-corrected chi connectivity index (χ4v) is 8.96. The minimum absolute atomic E-state index is 0.553. The van der Waals surface area contributed by atoms with Crippen LogP contribution in [-0.2, 0) is 5.41 Å². The summed E-state index contributed by atoms with van der Waals surface area (Å²) < 4.78 is 7.07. The van der Waals surface area contributed by atoms with Gasteiger partial charge in [-0.15, -0.1) is 0 Å². The zero-order chi connectivity index (χ0) is 37.1. The Kier molecular flexibility index (Phi) is 7.39. The van der Waals surface area contributed by atoms with Crippen LogP contribution in [0.2, 0.25) is 0 Å². The van der Waals surface area contributed by atoms with Gasteiger partial charge in [-0.1, -0.05) is 188 Å². The lowest BCUT2D eigenvalue weighted by atomic mass is 9.65. The summed E-state index contributed by atoms with van der Waals surface area (Å²) in [6.45, 7) is 0.